The molecule has 2 N–H and O–H groups in total. The van der Waals surface area contributed by atoms with E-state index in [1.165, 1.54) is 11.4 Å². The second-order valence-electron chi connectivity index (χ2n) is 13.0. The highest BCUT2D eigenvalue weighted by Gasteiger charge is 2.45. The third kappa shape index (κ3) is 6.32. The Labute approximate surface area is 290 Å². The molecule has 5 aromatic rings. The van der Waals surface area contributed by atoms with Gasteiger partial charge in [0.2, 0.25) is 12.1 Å². The maximum absolute atomic E-state index is 10.8. The van der Waals surface area contributed by atoms with Crippen molar-refractivity contribution in [1.82, 2.24) is 30.2 Å². The Bertz CT molecular complexity index is 1890. The molecule has 4 atom stereocenters. The van der Waals surface area contributed by atoms with Crippen molar-refractivity contribution in [3.63, 3.8) is 0 Å². The van der Waals surface area contributed by atoms with E-state index >= 15 is 0 Å². The second kappa shape index (κ2) is 13.6. The van der Waals surface area contributed by atoms with Crippen LogP contribution in [0.5, 0.6) is 5.75 Å². The first-order valence-corrected chi connectivity index (χ1v) is 17.2. The molecule has 5 heterocycles. The summed E-state index contributed by atoms with van der Waals surface area (Å²) in [7, 11) is 0. The van der Waals surface area contributed by atoms with E-state index in [1.54, 1.807) is 39.6 Å². The third-order valence-electron chi connectivity index (χ3n) is 9.82. The van der Waals surface area contributed by atoms with Crippen LogP contribution in [0.2, 0.25) is 0 Å². The first-order chi connectivity index (χ1) is 24.5. The first kappa shape index (κ1) is 32.0. The zero-order valence-electron chi connectivity index (χ0n) is 28.2. The van der Waals surface area contributed by atoms with Crippen LogP contribution in [0.3, 0.4) is 0 Å². The number of aromatic nitrogens is 5. The lowest BCUT2D eigenvalue weighted by atomic mass is 10.0. The fraction of sp³-hybridized carbons (Fsp3) is 0.389. The van der Waals surface area contributed by atoms with E-state index in [9.17, 15) is 5.11 Å². The van der Waals surface area contributed by atoms with Crippen LogP contribution >= 0.6 is 0 Å². The molecule has 0 saturated carbocycles. The molecule has 3 aliphatic heterocycles. The van der Waals surface area contributed by atoms with Crippen LogP contribution in [0.1, 0.15) is 25.8 Å². The average molecular weight is 679 g/mol. The quantitative estimate of drug-likeness (QED) is 0.210. The zero-order valence-corrected chi connectivity index (χ0v) is 28.2. The summed E-state index contributed by atoms with van der Waals surface area (Å²) in [5, 5.41) is 33.6. The van der Waals surface area contributed by atoms with Crippen molar-refractivity contribution in [2.45, 2.75) is 51.1 Å². The highest BCUT2D eigenvalue weighted by atomic mass is 16.8. The van der Waals surface area contributed by atoms with Crippen molar-refractivity contribution in [3.05, 3.63) is 90.9 Å². The molecule has 0 spiro atoms. The van der Waals surface area contributed by atoms with Gasteiger partial charge < -0.3 is 29.1 Å². The lowest BCUT2D eigenvalue weighted by molar-refractivity contribution is -0.192. The Hall–Kier alpha value is -5.18. The molecule has 2 aromatic heterocycles. The highest BCUT2D eigenvalue weighted by Crippen LogP contribution is 2.37. The molecule has 8 rings (SSSR count). The molecule has 0 amide bonds. The molecule has 0 aliphatic carbocycles. The molecule has 3 aromatic carbocycles. The van der Waals surface area contributed by atoms with E-state index < -0.39 is 12.1 Å². The number of anilines is 3. The molecule has 0 radical (unpaired) electrons. The van der Waals surface area contributed by atoms with E-state index in [4.69, 9.17) is 14.2 Å². The van der Waals surface area contributed by atoms with Gasteiger partial charge in [-0.05, 0) is 74.0 Å². The minimum atomic E-state index is -1.05. The average Bonchev–Trinajstić information content (AvgIpc) is 3.99. The number of fused-ring (bicyclic) bond motifs is 1. The molecule has 3 aliphatic rings. The maximum Gasteiger partial charge on any atom is 0.228 e. The van der Waals surface area contributed by atoms with E-state index in [0.29, 0.717) is 19.8 Å². The summed E-state index contributed by atoms with van der Waals surface area (Å²) < 4.78 is 19.1. The Kier molecular flexibility index (Phi) is 8.73. The molecule has 50 heavy (non-hydrogen) atoms. The number of hydrogen-bond donors (Lipinski definition) is 2. The minimum absolute atomic E-state index is 0.168. The number of nitrogens with zero attached hydrogens (tertiary/aromatic N) is 9. The third-order valence-corrected chi connectivity index (χ3v) is 9.82. The number of benzene rings is 3. The normalized spacial score (nSPS) is 22.9. The monoisotopic (exact) mass is 678 g/mol. The highest BCUT2D eigenvalue weighted by molar-refractivity contribution is 5.81. The van der Waals surface area contributed by atoms with Gasteiger partial charge in [0, 0.05) is 60.2 Å². The van der Waals surface area contributed by atoms with Crippen LogP contribution in [0.25, 0.3) is 10.9 Å². The molecular weight excluding hydrogens is 636 g/mol. The predicted molar refractivity (Wildman–Crippen MR) is 190 cm³/mol. The van der Waals surface area contributed by atoms with Gasteiger partial charge in [0.1, 0.15) is 31.3 Å². The number of H-pyrrole nitrogens is 1. The van der Waals surface area contributed by atoms with Crippen molar-refractivity contribution in [2.75, 3.05) is 54.1 Å². The summed E-state index contributed by atoms with van der Waals surface area (Å²) in [4.78, 5) is 8.18. The van der Waals surface area contributed by atoms with E-state index in [-0.39, 0.29) is 12.1 Å². The summed E-state index contributed by atoms with van der Waals surface area (Å²) >= 11 is 0. The molecule has 14 nitrogen and oxygen atoms in total. The molecule has 0 bridgehead atoms. The van der Waals surface area contributed by atoms with Crippen molar-refractivity contribution in [3.8, 4) is 5.75 Å². The Balaban J connectivity index is 0.841. The van der Waals surface area contributed by atoms with Gasteiger partial charge in [-0.25, -0.2) is 5.01 Å². The molecule has 2 saturated heterocycles. The number of aromatic amines is 1. The Morgan fingerprint density at radius 1 is 0.940 bits per heavy atom. The number of hydrazone groups is 1. The van der Waals surface area contributed by atoms with Crippen molar-refractivity contribution in [2.24, 2.45) is 5.10 Å². The number of aliphatic hydroxyl groups excluding tert-OH is 1. The molecule has 14 heteroatoms. The Morgan fingerprint density at radius 3 is 2.32 bits per heavy atom. The lowest BCUT2D eigenvalue weighted by Gasteiger charge is -2.37. The zero-order chi connectivity index (χ0) is 34.1. The van der Waals surface area contributed by atoms with Crippen LogP contribution in [-0.4, -0.2) is 99.5 Å². The molecule has 4 unspecified atom stereocenters. The van der Waals surface area contributed by atoms with Gasteiger partial charge in [-0.15, -0.1) is 0 Å². The van der Waals surface area contributed by atoms with Crippen molar-refractivity contribution < 1.29 is 19.3 Å². The SMILES string of the molecule is CCC(C)N1N=CN(c2ccc(N3CCN(c4ccc(OCC5COC(Cn6nccn6)(c6ccc7[nH]ncc7c6)O5)cc4)CC3)cc2)C1O. The number of rotatable bonds is 11. The summed E-state index contributed by atoms with van der Waals surface area (Å²) in [6.07, 6.45) is 6.63. The lowest BCUT2D eigenvalue weighted by Crippen LogP contribution is -2.46. The van der Waals surface area contributed by atoms with Gasteiger partial charge in [0.05, 0.1) is 30.7 Å². The van der Waals surface area contributed by atoms with Gasteiger partial charge in [-0.2, -0.15) is 25.2 Å². The van der Waals surface area contributed by atoms with Gasteiger partial charge in [0.15, 0.2) is 0 Å². The van der Waals surface area contributed by atoms with Crippen molar-refractivity contribution in [1.29, 1.82) is 0 Å². The topological polar surface area (TPSA) is 133 Å². The second-order valence-corrected chi connectivity index (χ2v) is 13.0. The first-order valence-electron chi connectivity index (χ1n) is 17.2. The fourth-order valence-electron chi connectivity index (χ4n) is 6.75. The number of aliphatic hydroxyl groups is 1. The number of ether oxygens (including phenoxy) is 3. The molecular formula is C36H42N10O4. The molecule has 260 valence electrons. The summed E-state index contributed by atoms with van der Waals surface area (Å²) in [6, 6.07) is 22.8. The van der Waals surface area contributed by atoms with Crippen LogP contribution in [0, 0.1) is 0 Å². The number of nitrogens with one attached hydrogen (secondary N) is 1. The van der Waals surface area contributed by atoms with Crippen LogP contribution in [-0.2, 0) is 21.8 Å². The summed E-state index contributed by atoms with van der Waals surface area (Å²) in [6.45, 7) is 8.83. The smallest absolute Gasteiger partial charge is 0.228 e. The van der Waals surface area contributed by atoms with Gasteiger partial charge in [0.25, 0.3) is 0 Å². The van der Waals surface area contributed by atoms with E-state index in [2.05, 4.69) is 85.5 Å². The Morgan fingerprint density at radius 2 is 1.62 bits per heavy atom. The summed E-state index contributed by atoms with van der Waals surface area (Å²) in [5.74, 6) is -0.269. The van der Waals surface area contributed by atoms with Crippen LogP contribution in [0.15, 0.2) is 90.4 Å². The van der Waals surface area contributed by atoms with E-state index in [1.807, 2.05) is 30.3 Å². The van der Waals surface area contributed by atoms with Gasteiger partial charge in [-0.1, -0.05) is 13.0 Å². The van der Waals surface area contributed by atoms with Crippen LogP contribution in [0.4, 0.5) is 17.1 Å². The van der Waals surface area contributed by atoms with Crippen LogP contribution < -0.4 is 19.4 Å². The number of piperazine rings is 1. The largest absolute Gasteiger partial charge is 0.491 e. The van der Waals surface area contributed by atoms with Crippen molar-refractivity contribution >= 4 is 34.3 Å². The standard InChI is InChI=1S/C36H42N10O4/c1-3-26(2)46-35(47)44(25-40-46)31-7-5-29(6-8-31)42-16-18-43(19-17-42)30-9-11-32(12-10-30)48-22-33-23-49-36(50-33,24-45-38-14-15-39-45)28-4-13-34-27(20-28)21-37-41-34/h4-15,20-21,25-26,33,35,47H,3,16-19,22-24H2,1-2H3,(H,37,41). The predicted octanol–water partition coefficient (Wildman–Crippen LogP) is 3.97. The van der Waals surface area contributed by atoms with Gasteiger partial charge >= 0.3 is 0 Å². The maximum atomic E-state index is 10.8. The fourth-order valence-corrected chi connectivity index (χ4v) is 6.75. The number of hydrogen-bond acceptors (Lipinski definition) is 12. The minimum Gasteiger partial charge on any atom is -0.491 e. The van der Waals surface area contributed by atoms with Gasteiger partial charge in [-0.3, -0.25) is 10.00 Å². The van der Waals surface area contributed by atoms with E-state index in [0.717, 1.165) is 60.5 Å². The summed E-state index contributed by atoms with van der Waals surface area (Å²) in [5.41, 5.74) is 5.08. The molecule has 2 fully saturated rings.